The molecule has 1 atom stereocenters. The van der Waals surface area contributed by atoms with Crippen LogP contribution in [0.15, 0.2) is 12.1 Å². The molecule has 1 N–H and O–H groups in total. The number of rotatable bonds is 5. The van der Waals surface area contributed by atoms with E-state index in [0.29, 0.717) is 11.4 Å². The van der Waals surface area contributed by atoms with Crippen molar-refractivity contribution < 1.29 is 22.7 Å². The number of hydrogen-bond donors (Lipinski definition) is 1. The number of amides is 1. The van der Waals surface area contributed by atoms with Crippen LogP contribution in [0.25, 0.3) is 0 Å². The molecule has 1 amide bonds. The Bertz CT molecular complexity index is 763. The van der Waals surface area contributed by atoms with Gasteiger partial charge in [0.05, 0.1) is 27.2 Å². The van der Waals surface area contributed by atoms with E-state index < -0.39 is 28.3 Å². The summed E-state index contributed by atoms with van der Waals surface area (Å²) in [6.07, 6.45) is 0.427. The third-order valence-corrected chi connectivity index (χ3v) is 6.33. The highest BCUT2D eigenvalue weighted by atomic mass is 35.5. The second-order valence-electron chi connectivity index (χ2n) is 5.74. The van der Waals surface area contributed by atoms with Gasteiger partial charge in [0.1, 0.15) is 0 Å². The van der Waals surface area contributed by atoms with Crippen molar-refractivity contribution >= 4 is 50.6 Å². The maximum Gasteiger partial charge on any atom is 0.306 e. The van der Waals surface area contributed by atoms with Crippen molar-refractivity contribution in [2.75, 3.05) is 23.4 Å². The van der Waals surface area contributed by atoms with E-state index in [4.69, 9.17) is 27.9 Å². The SMILES string of the molecule is Cc1ccc(Cl)c(NC(=O)COC(=O)C[C@@H]2CCS(=O)(=O)C2)c1Cl. The van der Waals surface area contributed by atoms with E-state index in [0.717, 1.165) is 5.56 Å². The summed E-state index contributed by atoms with van der Waals surface area (Å²) in [6.45, 7) is 1.28. The molecule has 9 heteroatoms. The Morgan fingerprint density at radius 3 is 2.67 bits per heavy atom. The van der Waals surface area contributed by atoms with Gasteiger partial charge in [-0.3, -0.25) is 9.59 Å². The van der Waals surface area contributed by atoms with Gasteiger partial charge in [-0.15, -0.1) is 0 Å². The largest absolute Gasteiger partial charge is 0.456 e. The van der Waals surface area contributed by atoms with E-state index in [-0.39, 0.29) is 34.6 Å². The van der Waals surface area contributed by atoms with Crippen LogP contribution in [0.4, 0.5) is 5.69 Å². The third-order valence-electron chi connectivity index (χ3n) is 3.69. The predicted octanol–water partition coefficient (Wildman–Crippen LogP) is 2.61. The molecule has 1 aromatic rings. The number of ether oxygens (including phenoxy) is 1. The first-order valence-corrected chi connectivity index (χ1v) is 9.86. The molecule has 1 aromatic carbocycles. The highest BCUT2D eigenvalue weighted by Gasteiger charge is 2.30. The van der Waals surface area contributed by atoms with Crippen LogP contribution in [-0.2, 0) is 24.2 Å². The molecule has 0 bridgehead atoms. The number of hydrogen-bond acceptors (Lipinski definition) is 5. The molecule has 0 aliphatic carbocycles. The fourth-order valence-corrected chi connectivity index (χ4v) is 4.75. The minimum atomic E-state index is -3.04. The lowest BCUT2D eigenvalue weighted by atomic mass is 10.1. The number of halogens is 2. The van der Waals surface area contributed by atoms with E-state index in [9.17, 15) is 18.0 Å². The van der Waals surface area contributed by atoms with E-state index >= 15 is 0 Å². The predicted molar refractivity (Wildman–Crippen MR) is 92.2 cm³/mol. The first-order valence-electron chi connectivity index (χ1n) is 7.28. The minimum absolute atomic E-state index is 0.0111. The highest BCUT2D eigenvalue weighted by molar-refractivity contribution is 7.91. The molecule has 0 unspecified atom stereocenters. The van der Waals surface area contributed by atoms with Gasteiger partial charge in [-0.2, -0.15) is 0 Å². The topological polar surface area (TPSA) is 89.5 Å². The van der Waals surface area contributed by atoms with Crippen molar-refractivity contribution in [3.63, 3.8) is 0 Å². The third kappa shape index (κ3) is 5.09. The molecule has 132 valence electrons. The Morgan fingerprint density at radius 1 is 1.33 bits per heavy atom. The van der Waals surface area contributed by atoms with Crippen LogP contribution < -0.4 is 5.32 Å². The van der Waals surface area contributed by atoms with Crippen LogP contribution in [0.5, 0.6) is 0 Å². The summed E-state index contributed by atoms with van der Waals surface area (Å²) >= 11 is 12.1. The highest BCUT2D eigenvalue weighted by Crippen LogP contribution is 2.32. The Balaban J connectivity index is 1.83. The fraction of sp³-hybridized carbons (Fsp3) is 0.467. The Hall–Kier alpha value is -1.31. The van der Waals surface area contributed by atoms with Crippen LogP contribution in [0.1, 0.15) is 18.4 Å². The molecule has 1 fully saturated rings. The zero-order valence-corrected chi connectivity index (χ0v) is 15.3. The molecule has 24 heavy (non-hydrogen) atoms. The van der Waals surface area contributed by atoms with Gasteiger partial charge in [0.2, 0.25) is 0 Å². The van der Waals surface area contributed by atoms with E-state index in [1.807, 2.05) is 0 Å². The number of anilines is 1. The minimum Gasteiger partial charge on any atom is -0.456 e. The Kier molecular flexibility index (Phi) is 6.11. The second-order valence-corrected chi connectivity index (χ2v) is 8.75. The van der Waals surface area contributed by atoms with Crippen molar-refractivity contribution in [3.05, 3.63) is 27.7 Å². The second kappa shape index (κ2) is 7.72. The lowest BCUT2D eigenvalue weighted by Gasteiger charge is -2.12. The summed E-state index contributed by atoms with van der Waals surface area (Å²) in [7, 11) is -3.04. The first-order chi connectivity index (χ1) is 11.2. The Labute approximate surface area is 150 Å². The molecule has 0 radical (unpaired) electrons. The van der Waals surface area contributed by atoms with E-state index in [2.05, 4.69) is 5.32 Å². The summed E-state index contributed by atoms with van der Waals surface area (Å²) in [5, 5.41) is 3.10. The van der Waals surface area contributed by atoms with Gasteiger partial charge < -0.3 is 10.1 Å². The van der Waals surface area contributed by atoms with Crippen LogP contribution >= 0.6 is 23.2 Å². The van der Waals surface area contributed by atoms with Gasteiger partial charge in [0, 0.05) is 6.42 Å². The normalized spacial score (nSPS) is 19.0. The van der Waals surface area contributed by atoms with Crippen LogP contribution in [0.2, 0.25) is 10.0 Å². The lowest BCUT2D eigenvalue weighted by molar-refractivity contribution is -0.148. The fourth-order valence-electron chi connectivity index (χ4n) is 2.42. The first kappa shape index (κ1) is 19.0. The summed E-state index contributed by atoms with van der Waals surface area (Å²) < 4.78 is 27.6. The summed E-state index contributed by atoms with van der Waals surface area (Å²) in [5.74, 6) is -1.34. The maximum absolute atomic E-state index is 11.9. The average Bonchev–Trinajstić information content (AvgIpc) is 2.84. The molecule has 0 spiro atoms. The lowest BCUT2D eigenvalue weighted by Crippen LogP contribution is -2.22. The van der Waals surface area contributed by atoms with Crippen LogP contribution in [-0.4, -0.2) is 38.4 Å². The molecular weight excluding hydrogens is 377 g/mol. The zero-order valence-electron chi connectivity index (χ0n) is 13.0. The number of nitrogens with one attached hydrogen (secondary N) is 1. The quantitative estimate of drug-likeness (QED) is 0.776. The van der Waals surface area contributed by atoms with E-state index in [1.165, 1.54) is 0 Å². The van der Waals surface area contributed by atoms with Crippen molar-refractivity contribution in [1.82, 2.24) is 0 Å². The van der Waals surface area contributed by atoms with Crippen LogP contribution in [0, 0.1) is 12.8 Å². The van der Waals surface area contributed by atoms with Crippen LogP contribution in [0.3, 0.4) is 0 Å². The van der Waals surface area contributed by atoms with Crippen molar-refractivity contribution in [1.29, 1.82) is 0 Å². The maximum atomic E-state index is 11.9. The number of esters is 1. The molecule has 0 aromatic heterocycles. The van der Waals surface area contributed by atoms with Gasteiger partial charge in [-0.25, -0.2) is 8.42 Å². The van der Waals surface area contributed by atoms with Crippen molar-refractivity contribution in [2.24, 2.45) is 5.92 Å². The van der Waals surface area contributed by atoms with Gasteiger partial charge in [0.25, 0.3) is 5.91 Å². The molecule has 0 saturated carbocycles. The molecule has 6 nitrogen and oxygen atoms in total. The summed E-state index contributed by atoms with van der Waals surface area (Å²) in [6, 6.07) is 3.32. The van der Waals surface area contributed by atoms with Gasteiger partial charge in [0.15, 0.2) is 16.4 Å². The molecule has 1 aliphatic rings. The molecule has 2 rings (SSSR count). The standard InChI is InChI=1S/C15H17Cl2NO5S/c1-9-2-3-11(16)15(14(9)17)18-12(19)7-23-13(20)6-10-4-5-24(21,22)8-10/h2-3,10H,4-8H2,1H3,(H,18,19)/t10-/m0/s1. The Morgan fingerprint density at radius 2 is 2.04 bits per heavy atom. The van der Waals surface area contributed by atoms with E-state index in [1.54, 1.807) is 19.1 Å². The number of benzene rings is 1. The monoisotopic (exact) mass is 393 g/mol. The van der Waals surface area contributed by atoms with Crippen molar-refractivity contribution in [2.45, 2.75) is 19.8 Å². The molecular formula is C15H17Cl2NO5S. The van der Waals surface area contributed by atoms with Gasteiger partial charge in [-0.05, 0) is 30.9 Å². The van der Waals surface area contributed by atoms with Gasteiger partial charge in [-0.1, -0.05) is 29.3 Å². The van der Waals surface area contributed by atoms with Gasteiger partial charge >= 0.3 is 5.97 Å². The summed E-state index contributed by atoms with van der Waals surface area (Å²) in [5.41, 5.74) is 1.01. The zero-order chi connectivity index (χ0) is 17.9. The number of sulfone groups is 1. The van der Waals surface area contributed by atoms with Crippen molar-refractivity contribution in [3.8, 4) is 0 Å². The number of carbonyl (C=O) groups is 2. The smallest absolute Gasteiger partial charge is 0.306 e. The average molecular weight is 394 g/mol. The molecule has 1 saturated heterocycles. The molecule has 1 aliphatic heterocycles. The summed E-state index contributed by atoms with van der Waals surface area (Å²) in [4.78, 5) is 23.6. The number of aryl methyl sites for hydroxylation is 1. The molecule has 1 heterocycles. The number of carbonyl (C=O) groups excluding carboxylic acids is 2.